The molecular formula is C17H12N2O3S2. The molecule has 0 aliphatic carbocycles. The molecule has 1 aromatic heterocycles. The highest BCUT2D eigenvalue weighted by molar-refractivity contribution is 8.27. The van der Waals surface area contributed by atoms with E-state index in [0.717, 1.165) is 11.3 Å². The number of hydrogen-bond donors (Lipinski definition) is 0. The number of thiocarbonyl (C=S) groups is 1. The first-order chi connectivity index (χ1) is 11.7. The standard InChI is InChI=1S/C17H12N2O3S2/c20-16-15(24-17(23)19(16)12-2-1-5-18-10-12)9-11-3-4-13-14(8-11)22-7-6-21-13/h1-5,8-10H,6-7H2/b15-9-. The predicted octanol–water partition coefficient (Wildman–Crippen LogP) is 3.26. The van der Waals surface area contributed by atoms with Crippen LogP contribution in [0.2, 0.25) is 0 Å². The fraction of sp³-hybridized carbons (Fsp3) is 0.118. The Labute approximate surface area is 148 Å². The maximum absolute atomic E-state index is 12.7. The lowest BCUT2D eigenvalue weighted by Crippen LogP contribution is -2.27. The Balaban J connectivity index is 1.64. The van der Waals surface area contributed by atoms with E-state index in [4.69, 9.17) is 21.7 Å². The third-order valence-electron chi connectivity index (χ3n) is 3.56. The van der Waals surface area contributed by atoms with Crippen molar-refractivity contribution in [2.45, 2.75) is 0 Å². The first-order valence-corrected chi connectivity index (χ1v) is 8.52. The van der Waals surface area contributed by atoms with Gasteiger partial charge in [0, 0.05) is 6.20 Å². The summed E-state index contributed by atoms with van der Waals surface area (Å²) in [5, 5.41) is 0. The number of aromatic nitrogens is 1. The quantitative estimate of drug-likeness (QED) is 0.608. The molecule has 0 saturated carbocycles. The van der Waals surface area contributed by atoms with Crippen molar-refractivity contribution >= 4 is 46.0 Å². The van der Waals surface area contributed by atoms with Gasteiger partial charge in [0.2, 0.25) is 0 Å². The lowest BCUT2D eigenvalue weighted by molar-refractivity contribution is -0.113. The molecular weight excluding hydrogens is 344 g/mol. The Hall–Kier alpha value is -2.38. The zero-order valence-corrected chi connectivity index (χ0v) is 14.1. The fourth-order valence-corrected chi connectivity index (χ4v) is 3.78. The summed E-state index contributed by atoms with van der Waals surface area (Å²) in [5.74, 6) is 1.27. The van der Waals surface area contributed by atoms with Gasteiger partial charge in [-0.1, -0.05) is 30.0 Å². The zero-order valence-electron chi connectivity index (χ0n) is 12.5. The zero-order chi connectivity index (χ0) is 16.5. The van der Waals surface area contributed by atoms with Crippen molar-refractivity contribution in [1.29, 1.82) is 0 Å². The molecule has 120 valence electrons. The summed E-state index contributed by atoms with van der Waals surface area (Å²) >= 11 is 6.62. The Morgan fingerprint density at radius 3 is 2.83 bits per heavy atom. The van der Waals surface area contributed by atoms with Gasteiger partial charge in [0.05, 0.1) is 16.8 Å². The molecule has 3 heterocycles. The summed E-state index contributed by atoms with van der Waals surface area (Å²) in [6, 6.07) is 9.20. The van der Waals surface area contributed by atoms with Gasteiger partial charge in [0.25, 0.3) is 5.91 Å². The van der Waals surface area contributed by atoms with Crippen molar-refractivity contribution in [1.82, 2.24) is 4.98 Å². The van der Waals surface area contributed by atoms with Gasteiger partial charge >= 0.3 is 0 Å². The minimum Gasteiger partial charge on any atom is -0.486 e. The van der Waals surface area contributed by atoms with E-state index in [1.807, 2.05) is 30.3 Å². The Morgan fingerprint density at radius 1 is 1.21 bits per heavy atom. The van der Waals surface area contributed by atoms with Crippen LogP contribution >= 0.6 is 24.0 Å². The highest BCUT2D eigenvalue weighted by atomic mass is 32.2. The highest BCUT2D eigenvalue weighted by Gasteiger charge is 2.33. The Bertz CT molecular complexity index is 852. The molecule has 5 nitrogen and oxygen atoms in total. The third-order valence-corrected chi connectivity index (χ3v) is 4.86. The maximum Gasteiger partial charge on any atom is 0.270 e. The first kappa shape index (κ1) is 15.2. The lowest BCUT2D eigenvalue weighted by atomic mass is 10.1. The predicted molar refractivity (Wildman–Crippen MR) is 97.3 cm³/mol. The molecule has 7 heteroatoms. The SMILES string of the molecule is O=C1/C(=C/c2ccc3c(c2)OCCO3)SC(=S)N1c1cccnc1. The third kappa shape index (κ3) is 2.76. The first-order valence-electron chi connectivity index (χ1n) is 7.30. The summed E-state index contributed by atoms with van der Waals surface area (Å²) < 4.78 is 11.6. The Morgan fingerprint density at radius 2 is 2.04 bits per heavy atom. The van der Waals surface area contributed by atoms with Crippen molar-refractivity contribution in [3.05, 3.63) is 53.2 Å². The minimum absolute atomic E-state index is 0.145. The van der Waals surface area contributed by atoms with Gasteiger partial charge in [-0.3, -0.25) is 14.7 Å². The van der Waals surface area contributed by atoms with Crippen LogP contribution in [0.4, 0.5) is 5.69 Å². The van der Waals surface area contributed by atoms with E-state index < -0.39 is 0 Å². The molecule has 1 fully saturated rings. The van der Waals surface area contributed by atoms with E-state index in [2.05, 4.69) is 4.98 Å². The number of carbonyl (C=O) groups is 1. The second kappa shape index (κ2) is 6.26. The molecule has 0 unspecified atom stereocenters. The highest BCUT2D eigenvalue weighted by Crippen LogP contribution is 2.37. The van der Waals surface area contributed by atoms with Gasteiger partial charge in [-0.05, 0) is 35.9 Å². The van der Waals surface area contributed by atoms with Crippen LogP contribution in [0.1, 0.15) is 5.56 Å². The smallest absolute Gasteiger partial charge is 0.270 e. The van der Waals surface area contributed by atoms with E-state index in [1.54, 1.807) is 18.5 Å². The molecule has 2 aliphatic heterocycles. The Kier molecular flexibility index (Phi) is 3.95. The van der Waals surface area contributed by atoms with Gasteiger partial charge in [-0.2, -0.15) is 0 Å². The summed E-state index contributed by atoms with van der Waals surface area (Å²) in [6.45, 7) is 1.08. The number of rotatable bonds is 2. The monoisotopic (exact) mass is 356 g/mol. The number of amides is 1. The van der Waals surface area contributed by atoms with Crippen molar-refractivity contribution < 1.29 is 14.3 Å². The molecule has 0 radical (unpaired) electrons. The average Bonchev–Trinajstić information content (AvgIpc) is 2.89. The normalized spacial score (nSPS) is 18.3. The van der Waals surface area contributed by atoms with Gasteiger partial charge in [-0.25, -0.2) is 0 Å². The van der Waals surface area contributed by atoms with E-state index in [-0.39, 0.29) is 5.91 Å². The number of hydrogen-bond acceptors (Lipinski definition) is 6. The summed E-state index contributed by atoms with van der Waals surface area (Å²) in [7, 11) is 0. The maximum atomic E-state index is 12.7. The number of pyridine rings is 1. The number of anilines is 1. The van der Waals surface area contributed by atoms with Crippen molar-refractivity contribution in [2.75, 3.05) is 18.1 Å². The van der Waals surface area contributed by atoms with Crippen LogP contribution in [0.15, 0.2) is 47.6 Å². The number of ether oxygens (including phenoxy) is 2. The van der Waals surface area contributed by atoms with Crippen LogP contribution in [0, 0.1) is 0 Å². The van der Waals surface area contributed by atoms with Gasteiger partial charge in [0.15, 0.2) is 15.8 Å². The molecule has 4 rings (SSSR count). The second-order valence-electron chi connectivity index (χ2n) is 5.13. The van der Waals surface area contributed by atoms with E-state index in [9.17, 15) is 4.79 Å². The molecule has 0 bridgehead atoms. The fourth-order valence-electron chi connectivity index (χ4n) is 2.48. The number of thioether (sulfide) groups is 1. The lowest BCUT2D eigenvalue weighted by Gasteiger charge is -2.18. The molecule has 2 aromatic rings. The molecule has 0 N–H and O–H groups in total. The van der Waals surface area contributed by atoms with Crippen LogP contribution in [0.3, 0.4) is 0 Å². The van der Waals surface area contributed by atoms with Gasteiger partial charge < -0.3 is 9.47 Å². The number of benzene rings is 1. The van der Waals surface area contributed by atoms with Crippen molar-refractivity contribution in [2.24, 2.45) is 0 Å². The average molecular weight is 356 g/mol. The molecule has 2 aliphatic rings. The summed E-state index contributed by atoms with van der Waals surface area (Å²) in [6.07, 6.45) is 5.10. The van der Waals surface area contributed by atoms with Gasteiger partial charge in [-0.15, -0.1) is 0 Å². The molecule has 1 amide bonds. The van der Waals surface area contributed by atoms with Crippen LogP contribution in [-0.2, 0) is 4.79 Å². The second-order valence-corrected chi connectivity index (χ2v) is 6.81. The van der Waals surface area contributed by atoms with Gasteiger partial charge in [0.1, 0.15) is 13.2 Å². The van der Waals surface area contributed by atoms with E-state index >= 15 is 0 Å². The molecule has 1 saturated heterocycles. The molecule has 0 spiro atoms. The van der Waals surface area contributed by atoms with Crippen LogP contribution in [-0.4, -0.2) is 28.4 Å². The number of nitrogens with zero attached hydrogens (tertiary/aromatic N) is 2. The minimum atomic E-state index is -0.145. The molecule has 1 aromatic carbocycles. The van der Waals surface area contributed by atoms with Crippen LogP contribution in [0.25, 0.3) is 6.08 Å². The van der Waals surface area contributed by atoms with E-state index in [0.29, 0.717) is 33.9 Å². The number of carbonyl (C=O) groups excluding carboxylic acids is 1. The topological polar surface area (TPSA) is 51.7 Å². The van der Waals surface area contributed by atoms with Crippen LogP contribution in [0.5, 0.6) is 11.5 Å². The summed E-state index contributed by atoms with van der Waals surface area (Å²) in [4.78, 5) is 18.8. The summed E-state index contributed by atoms with van der Waals surface area (Å²) in [5.41, 5.74) is 1.54. The molecule has 0 atom stereocenters. The molecule has 24 heavy (non-hydrogen) atoms. The number of fused-ring (bicyclic) bond motifs is 1. The largest absolute Gasteiger partial charge is 0.486 e. The van der Waals surface area contributed by atoms with Crippen molar-refractivity contribution in [3.8, 4) is 11.5 Å². The van der Waals surface area contributed by atoms with Crippen molar-refractivity contribution in [3.63, 3.8) is 0 Å². The van der Waals surface area contributed by atoms with E-state index in [1.165, 1.54) is 16.7 Å². The van der Waals surface area contributed by atoms with Crippen LogP contribution < -0.4 is 14.4 Å².